The molecule has 2 N–H and O–H groups in total. The van der Waals surface area contributed by atoms with Crippen molar-refractivity contribution in [3.05, 3.63) is 35.0 Å². The lowest BCUT2D eigenvalue weighted by Crippen LogP contribution is -2.40. The van der Waals surface area contributed by atoms with Crippen molar-refractivity contribution >= 4 is 35.0 Å². The molecule has 1 aliphatic carbocycles. The van der Waals surface area contributed by atoms with E-state index in [1.54, 1.807) is 36.4 Å². The number of amides is 1. The smallest absolute Gasteiger partial charge is 0.254 e. The molecular weight excluding hydrogens is 406 g/mol. The second-order valence-corrected chi connectivity index (χ2v) is 7.87. The first-order chi connectivity index (χ1) is 14.6. The van der Waals surface area contributed by atoms with Crippen LogP contribution in [0.1, 0.15) is 36.0 Å². The summed E-state index contributed by atoms with van der Waals surface area (Å²) in [5.41, 5.74) is 1.24. The number of nitrogens with zero attached hydrogens (tertiary/aromatic N) is 3. The summed E-state index contributed by atoms with van der Waals surface area (Å²) >= 11 is 6.27. The number of nitrogens with one attached hydrogen (secondary N) is 2. The van der Waals surface area contributed by atoms with E-state index in [2.05, 4.69) is 20.6 Å². The minimum absolute atomic E-state index is 0.0334. The molecule has 2 heterocycles. The number of hydrogen-bond acceptors (Lipinski definition) is 7. The van der Waals surface area contributed by atoms with Gasteiger partial charge in [0, 0.05) is 24.7 Å². The van der Waals surface area contributed by atoms with Crippen molar-refractivity contribution in [2.75, 3.05) is 44.0 Å². The van der Waals surface area contributed by atoms with Crippen LogP contribution >= 0.6 is 11.6 Å². The Balaban J connectivity index is 1.50. The van der Waals surface area contributed by atoms with Crippen molar-refractivity contribution in [3.63, 3.8) is 0 Å². The van der Waals surface area contributed by atoms with E-state index in [1.165, 1.54) is 12.8 Å². The van der Waals surface area contributed by atoms with Crippen molar-refractivity contribution in [1.29, 1.82) is 0 Å². The Kier molecular flexibility index (Phi) is 6.54. The number of benzene rings is 1. The van der Waals surface area contributed by atoms with Crippen LogP contribution in [0, 0.1) is 0 Å². The fourth-order valence-corrected chi connectivity index (χ4v) is 3.93. The van der Waals surface area contributed by atoms with E-state index in [0.717, 1.165) is 12.8 Å². The average molecular weight is 432 g/mol. The van der Waals surface area contributed by atoms with Crippen LogP contribution in [-0.2, 0) is 4.74 Å². The fraction of sp³-hybridized carbons (Fsp3) is 0.476. The number of halogens is 1. The third kappa shape index (κ3) is 4.76. The standard InChI is InChI=1S/C21H26ClN5O3/c1-29-18-12-14(20(28)27-8-10-30-11-9-27)6-7-17(18)25-21-23-13-16(22)19(26-21)24-15-4-2-3-5-15/h6-7,12-13,15H,2-5,8-11H2,1H3,(H2,23,24,25,26). The number of aromatic nitrogens is 2. The number of ether oxygens (including phenoxy) is 2. The summed E-state index contributed by atoms with van der Waals surface area (Å²) in [5.74, 6) is 1.54. The zero-order chi connectivity index (χ0) is 20.9. The second-order valence-electron chi connectivity index (χ2n) is 7.46. The third-order valence-electron chi connectivity index (χ3n) is 5.43. The van der Waals surface area contributed by atoms with E-state index in [0.29, 0.717) is 66.1 Å². The van der Waals surface area contributed by atoms with Crippen molar-refractivity contribution in [3.8, 4) is 5.75 Å². The molecule has 2 aliphatic rings. The molecule has 1 aromatic carbocycles. The molecule has 30 heavy (non-hydrogen) atoms. The number of carbonyl (C=O) groups excluding carboxylic acids is 1. The third-order valence-corrected chi connectivity index (χ3v) is 5.71. The summed E-state index contributed by atoms with van der Waals surface area (Å²) < 4.78 is 10.8. The first-order valence-corrected chi connectivity index (χ1v) is 10.6. The number of anilines is 3. The second kappa shape index (κ2) is 9.49. The zero-order valence-corrected chi connectivity index (χ0v) is 17.7. The molecule has 4 rings (SSSR count). The fourth-order valence-electron chi connectivity index (χ4n) is 3.79. The van der Waals surface area contributed by atoms with Crippen LogP contribution in [0.3, 0.4) is 0 Å². The number of carbonyl (C=O) groups is 1. The highest BCUT2D eigenvalue weighted by Crippen LogP contribution is 2.30. The van der Waals surface area contributed by atoms with Gasteiger partial charge in [-0.3, -0.25) is 4.79 Å². The number of methoxy groups -OCH3 is 1. The van der Waals surface area contributed by atoms with Crippen molar-refractivity contribution in [2.45, 2.75) is 31.7 Å². The van der Waals surface area contributed by atoms with Crippen LogP contribution in [0.5, 0.6) is 5.75 Å². The van der Waals surface area contributed by atoms with Crippen molar-refractivity contribution < 1.29 is 14.3 Å². The molecule has 0 radical (unpaired) electrons. The van der Waals surface area contributed by atoms with E-state index < -0.39 is 0 Å². The molecule has 2 aromatic rings. The predicted octanol–water partition coefficient (Wildman–Crippen LogP) is 3.71. The van der Waals surface area contributed by atoms with Crippen molar-refractivity contribution in [1.82, 2.24) is 14.9 Å². The van der Waals surface area contributed by atoms with E-state index >= 15 is 0 Å². The first-order valence-electron chi connectivity index (χ1n) is 10.2. The van der Waals surface area contributed by atoms with Gasteiger partial charge in [0.2, 0.25) is 5.95 Å². The quantitative estimate of drug-likeness (QED) is 0.720. The van der Waals surface area contributed by atoms with Crippen molar-refractivity contribution in [2.24, 2.45) is 0 Å². The van der Waals surface area contributed by atoms with Crippen LogP contribution in [0.4, 0.5) is 17.5 Å². The molecule has 160 valence electrons. The van der Waals surface area contributed by atoms with Gasteiger partial charge in [0.15, 0.2) is 5.82 Å². The minimum atomic E-state index is -0.0334. The lowest BCUT2D eigenvalue weighted by Gasteiger charge is -2.27. The Hall–Kier alpha value is -2.58. The summed E-state index contributed by atoms with van der Waals surface area (Å²) in [7, 11) is 1.57. The normalized spacial score (nSPS) is 17.1. The van der Waals surface area contributed by atoms with E-state index in [1.807, 2.05) is 0 Å². The Morgan fingerprint density at radius 3 is 2.77 bits per heavy atom. The van der Waals surface area contributed by atoms with Crippen LogP contribution < -0.4 is 15.4 Å². The maximum atomic E-state index is 12.7. The van der Waals surface area contributed by atoms with Crippen LogP contribution in [0.2, 0.25) is 5.02 Å². The molecular formula is C21H26ClN5O3. The van der Waals surface area contributed by atoms with E-state index in [-0.39, 0.29) is 5.91 Å². The lowest BCUT2D eigenvalue weighted by molar-refractivity contribution is 0.0302. The van der Waals surface area contributed by atoms with E-state index in [4.69, 9.17) is 21.1 Å². The molecule has 1 saturated heterocycles. The zero-order valence-electron chi connectivity index (χ0n) is 17.0. The summed E-state index contributed by atoms with van der Waals surface area (Å²) in [6.07, 6.45) is 6.26. The molecule has 0 bridgehead atoms. The SMILES string of the molecule is COc1cc(C(=O)N2CCOCC2)ccc1Nc1ncc(Cl)c(NC2CCCC2)n1. The molecule has 8 nitrogen and oxygen atoms in total. The van der Waals surface area contributed by atoms with Gasteiger partial charge in [-0.25, -0.2) is 4.98 Å². The topological polar surface area (TPSA) is 88.6 Å². The van der Waals surface area contributed by atoms with Gasteiger partial charge in [0.1, 0.15) is 10.8 Å². The molecule has 9 heteroatoms. The maximum absolute atomic E-state index is 12.7. The summed E-state index contributed by atoms with van der Waals surface area (Å²) in [4.78, 5) is 23.3. The molecule has 0 unspecified atom stereocenters. The highest BCUT2D eigenvalue weighted by Gasteiger charge is 2.20. The van der Waals surface area contributed by atoms with Gasteiger partial charge in [-0.1, -0.05) is 24.4 Å². The van der Waals surface area contributed by atoms with Gasteiger partial charge in [-0.2, -0.15) is 4.98 Å². The molecule has 0 atom stereocenters. The van der Waals surface area contributed by atoms with Gasteiger partial charge in [0.05, 0.1) is 32.2 Å². The monoisotopic (exact) mass is 431 g/mol. The largest absolute Gasteiger partial charge is 0.495 e. The van der Waals surface area contributed by atoms with Crippen LogP contribution in [0.15, 0.2) is 24.4 Å². The Labute approximate surface area is 180 Å². The first kappa shape index (κ1) is 20.7. The molecule has 1 saturated carbocycles. The molecule has 2 fully saturated rings. The Morgan fingerprint density at radius 1 is 1.27 bits per heavy atom. The Morgan fingerprint density at radius 2 is 2.03 bits per heavy atom. The molecule has 1 amide bonds. The minimum Gasteiger partial charge on any atom is -0.495 e. The highest BCUT2D eigenvalue weighted by molar-refractivity contribution is 6.32. The van der Waals surface area contributed by atoms with Gasteiger partial charge in [-0.05, 0) is 31.0 Å². The van der Waals surface area contributed by atoms with Crippen LogP contribution in [-0.4, -0.2) is 60.2 Å². The molecule has 1 aromatic heterocycles. The van der Waals surface area contributed by atoms with E-state index in [9.17, 15) is 4.79 Å². The van der Waals surface area contributed by atoms with Gasteiger partial charge in [-0.15, -0.1) is 0 Å². The lowest BCUT2D eigenvalue weighted by atomic mass is 10.1. The molecule has 0 spiro atoms. The summed E-state index contributed by atoms with van der Waals surface area (Å²) in [5, 5.41) is 7.07. The number of rotatable bonds is 6. The highest BCUT2D eigenvalue weighted by atomic mass is 35.5. The predicted molar refractivity (Wildman–Crippen MR) is 116 cm³/mol. The number of hydrogen-bond donors (Lipinski definition) is 2. The van der Waals surface area contributed by atoms with Gasteiger partial charge < -0.3 is 25.0 Å². The summed E-state index contributed by atoms with van der Waals surface area (Å²) in [6.45, 7) is 2.31. The van der Waals surface area contributed by atoms with Crippen LogP contribution in [0.25, 0.3) is 0 Å². The summed E-state index contributed by atoms with van der Waals surface area (Å²) in [6, 6.07) is 5.70. The number of morpholine rings is 1. The maximum Gasteiger partial charge on any atom is 0.254 e. The average Bonchev–Trinajstić information content (AvgIpc) is 3.29. The van der Waals surface area contributed by atoms with Gasteiger partial charge >= 0.3 is 0 Å². The van der Waals surface area contributed by atoms with Gasteiger partial charge in [0.25, 0.3) is 5.91 Å². The Bertz CT molecular complexity index is 898. The molecule has 1 aliphatic heterocycles.